The predicted molar refractivity (Wildman–Crippen MR) is 87.5 cm³/mol. The largest absolute Gasteiger partial charge is 0.368 e. The van der Waals surface area contributed by atoms with Crippen LogP contribution < -0.4 is 10.2 Å². The van der Waals surface area contributed by atoms with Crippen LogP contribution in [0, 0.1) is 5.92 Å². The minimum atomic E-state index is 0.182. The maximum atomic E-state index is 11.4. The third-order valence-electron chi connectivity index (χ3n) is 3.93. The molecule has 1 aliphatic heterocycles. The summed E-state index contributed by atoms with van der Waals surface area (Å²) in [5.74, 6) is 0.845. The fourth-order valence-corrected chi connectivity index (χ4v) is 2.73. The van der Waals surface area contributed by atoms with Crippen molar-refractivity contribution in [2.75, 3.05) is 37.6 Å². The molecule has 1 aliphatic rings. The third kappa shape index (κ3) is 4.46. The molecule has 21 heavy (non-hydrogen) atoms. The van der Waals surface area contributed by atoms with Gasteiger partial charge < -0.3 is 15.1 Å². The summed E-state index contributed by atoms with van der Waals surface area (Å²) in [6.07, 6.45) is 0. The molecule has 4 heteroatoms. The van der Waals surface area contributed by atoms with Gasteiger partial charge in [-0.3, -0.25) is 4.79 Å². The first-order chi connectivity index (χ1) is 10.1. The highest BCUT2D eigenvalue weighted by Gasteiger charge is 2.20. The van der Waals surface area contributed by atoms with E-state index in [-0.39, 0.29) is 5.91 Å². The van der Waals surface area contributed by atoms with Crippen LogP contribution in [0.2, 0.25) is 0 Å². The van der Waals surface area contributed by atoms with E-state index in [4.69, 9.17) is 0 Å². The van der Waals surface area contributed by atoms with E-state index in [0.717, 1.165) is 39.3 Å². The van der Waals surface area contributed by atoms with E-state index in [1.165, 1.54) is 11.3 Å². The second-order valence-corrected chi connectivity index (χ2v) is 6.15. The van der Waals surface area contributed by atoms with Gasteiger partial charge in [0.25, 0.3) is 0 Å². The third-order valence-corrected chi connectivity index (χ3v) is 3.93. The maximum Gasteiger partial charge on any atom is 0.219 e. The zero-order valence-corrected chi connectivity index (χ0v) is 13.4. The van der Waals surface area contributed by atoms with Crippen LogP contribution in [0.3, 0.4) is 0 Å². The van der Waals surface area contributed by atoms with Gasteiger partial charge in [0.2, 0.25) is 5.91 Å². The summed E-state index contributed by atoms with van der Waals surface area (Å²) < 4.78 is 0. The number of anilines is 1. The van der Waals surface area contributed by atoms with Gasteiger partial charge in [-0.25, -0.2) is 0 Å². The standard InChI is InChI=1S/C17H27N3O/c1-14(2)12-18-13-16-6-4-5-7-17(16)20-10-8-19(9-11-20)15(3)21/h4-7,14,18H,8-13H2,1-3H3. The molecule has 116 valence electrons. The average Bonchev–Trinajstić information content (AvgIpc) is 2.47. The Hall–Kier alpha value is -1.55. The lowest BCUT2D eigenvalue weighted by molar-refractivity contribution is -0.129. The summed E-state index contributed by atoms with van der Waals surface area (Å²) in [5, 5.41) is 3.52. The second kappa shape index (κ2) is 7.46. The summed E-state index contributed by atoms with van der Waals surface area (Å²) in [6.45, 7) is 11.5. The molecule has 4 nitrogen and oxygen atoms in total. The molecule has 1 fully saturated rings. The van der Waals surface area contributed by atoms with Gasteiger partial charge in [-0.1, -0.05) is 32.0 Å². The number of hydrogen-bond donors (Lipinski definition) is 1. The fourth-order valence-electron chi connectivity index (χ4n) is 2.73. The van der Waals surface area contributed by atoms with Crippen LogP contribution in [0.25, 0.3) is 0 Å². The molecule has 1 amide bonds. The SMILES string of the molecule is CC(=O)N1CCN(c2ccccc2CNCC(C)C)CC1. The Morgan fingerprint density at radius 3 is 2.48 bits per heavy atom. The molecular formula is C17H27N3O. The zero-order chi connectivity index (χ0) is 15.2. The number of para-hydroxylation sites is 1. The lowest BCUT2D eigenvalue weighted by Gasteiger charge is -2.36. The van der Waals surface area contributed by atoms with E-state index >= 15 is 0 Å². The Bertz CT molecular complexity index is 465. The zero-order valence-electron chi connectivity index (χ0n) is 13.4. The average molecular weight is 289 g/mol. The molecule has 1 aromatic carbocycles. The molecule has 1 saturated heterocycles. The highest BCUT2D eigenvalue weighted by molar-refractivity contribution is 5.73. The minimum absolute atomic E-state index is 0.182. The van der Waals surface area contributed by atoms with E-state index < -0.39 is 0 Å². The molecule has 1 heterocycles. The molecule has 2 rings (SSSR count). The van der Waals surface area contributed by atoms with Crippen molar-refractivity contribution >= 4 is 11.6 Å². The quantitative estimate of drug-likeness (QED) is 0.901. The summed E-state index contributed by atoms with van der Waals surface area (Å²) in [4.78, 5) is 15.7. The Balaban J connectivity index is 1.98. The highest BCUT2D eigenvalue weighted by Crippen LogP contribution is 2.21. The second-order valence-electron chi connectivity index (χ2n) is 6.15. The summed E-state index contributed by atoms with van der Waals surface area (Å²) in [7, 11) is 0. The van der Waals surface area contributed by atoms with Crippen molar-refractivity contribution < 1.29 is 4.79 Å². The van der Waals surface area contributed by atoms with Gasteiger partial charge in [0.05, 0.1) is 0 Å². The number of nitrogens with zero attached hydrogens (tertiary/aromatic N) is 2. The van der Waals surface area contributed by atoms with Gasteiger partial charge >= 0.3 is 0 Å². The molecule has 0 aliphatic carbocycles. The number of rotatable bonds is 5. The lowest BCUT2D eigenvalue weighted by atomic mass is 10.1. The Labute approximate surface area is 128 Å². The van der Waals surface area contributed by atoms with E-state index in [2.05, 4.69) is 48.3 Å². The molecule has 1 N–H and O–H groups in total. The molecule has 1 aromatic rings. The van der Waals surface area contributed by atoms with Crippen LogP contribution in [0.1, 0.15) is 26.3 Å². The molecule has 0 saturated carbocycles. The number of piperazine rings is 1. The number of carbonyl (C=O) groups excluding carboxylic acids is 1. The van der Waals surface area contributed by atoms with Crippen molar-refractivity contribution in [3.8, 4) is 0 Å². The van der Waals surface area contributed by atoms with Crippen molar-refractivity contribution in [2.45, 2.75) is 27.3 Å². The van der Waals surface area contributed by atoms with Gasteiger partial charge in [0, 0.05) is 45.3 Å². The van der Waals surface area contributed by atoms with Crippen molar-refractivity contribution in [3.05, 3.63) is 29.8 Å². The van der Waals surface area contributed by atoms with Crippen LogP contribution >= 0.6 is 0 Å². The monoisotopic (exact) mass is 289 g/mol. The number of benzene rings is 1. The van der Waals surface area contributed by atoms with E-state index in [9.17, 15) is 4.79 Å². The van der Waals surface area contributed by atoms with Gasteiger partial charge in [0.1, 0.15) is 0 Å². The van der Waals surface area contributed by atoms with Gasteiger partial charge in [-0.2, -0.15) is 0 Å². The molecule has 0 radical (unpaired) electrons. The number of amides is 1. The first-order valence-corrected chi connectivity index (χ1v) is 7.87. The topological polar surface area (TPSA) is 35.6 Å². The Kier molecular flexibility index (Phi) is 5.62. The summed E-state index contributed by atoms with van der Waals surface area (Å²) in [6, 6.07) is 8.58. The Morgan fingerprint density at radius 1 is 1.19 bits per heavy atom. The number of hydrogen-bond acceptors (Lipinski definition) is 3. The van der Waals surface area contributed by atoms with Crippen molar-refractivity contribution in [2.24, 2.45) is 5.92 Å². The van der Waals surface area contributed by atoms with Gasteiger partial charge in [-0.15, -0.1) is 0 Å². The first-order valence-electron chi connectivity index (χ1n) is 7.87. The first kappa shape index (κ1) is 15.8. The number of carbonyl (C=O) groups is 1. The van der Waals surface area contributed by atoms with Crippen LogP contribution in [0.5, 0.6) is 0 Å². The molecule has 0 unspecified atom stereocenters. The predicted octanol–water partition coefficient (Wildman–Crippen LogP) is 2.10. The van der Waals surface area contributed by atoms with E-state index in [1.807, 2.05) is 4.90 Å². The minimum Gasteiger partial charge on any atom is -0.368 e. The van der Waals surface area contributed by atoms with E-state index in [1.54, 1.807) is 6.92 Å². The maximum absolute atomic E-state index is 11.4. The summed E-state index contributed by atoms with van der Waals surface area (Å²) in [5.41, 5.74) is 2.64. The Morgan fingerprint density at radius 2 is 1.86 bits per heavy atom. The molecule has 0 aromatic heterocycles. The van der Waals surface area contributed by atoms with Crippen molar-refractivity contribution in [1.82, 2.24) is 10.2 Å². The normalized spacial score (nSPS) is 15.6. The smallest absolute Gasteiger partial charge is 0.219 e. The molecule has 0 atom stereocenters. The van der Waals surface area contributed by atoms with Gasteiger partial charge in [-0.05, 0) is 24.1 Å². The highest BCUT2D eigenvalue weighted by atomic mass is 16.2. The van der Waals surface area contributed by atoms with Crippen molar-refractivity contribution in [1.29, 1.82) is 0 Å². The van der Waals surface area contributed by atoms with E-state index in [0.29, 0.717) is 5.92 Å². The lowest BCUT2D eigenvalue weighted by Crippen LogP contribution is -2.48. The van der Waals surface area contributed by atoms with Crippen LogP contribution in [-0.4, -0.2) is 43.5 Å². The molecular weight excluding hydrogens is 262 g/mol. The molecule has 0 bridgehead atoms. The van der Waals surface area contributed by atoms with Crippen LogP contribution in [0.15, 0.2) is 24.3 Å². The summed E-state index contributed by atoms with van der Waals surface area (Å²) >= 11 is 0. The van der Waals surface area contributed by atoms with Crippen LogP contribution in [-0.2, 0) is 11.3 Å². The van der Waals surface area contributed by atoms with Crippen LogP contribution in [0.4, 0.5) is 5.69 Å². The number of nitrogens with one attached hydrogen (secondary N) is 1. The fraction of sp³-hybridized carbons (Fsp3) is 0.588. The van der Waals surface area contributed by atoms with Gasteiger partial charge in [0.15, 0.2) is 0 Å². The van der Waals surface area contributed by atoms with Crippen molar-refractivity contribution in [3.63, 3.8) is 0 Å². The molecule has 0 spiro atoms.